The summed E-state index contributed by atoms with van der Waals surface area (Å²) in [5.41, 5.74) is 0.982. The molecule has 2 aliphatic rings. The molecule has 2 fully saturated rings. The highest BCUT2D eigenvalue weighted by Gasteiger charge is 2.31. The lowest BCUT2D eigenvalue weighted by molar-refractivity contribution is 0.0472. The highest BCUT2D eigenvalue weighted by atomic mass is 19.1. The number of carbonyl (C=O) groups is 1. The zero-order valence-corrected chi connectivity index (χ0v) is 17.7. The summed E-state index contributed by atoms with van der Waals surface area (Å²) >= 11 is 0. The molecule has 3 atom stereocenters. The van der Waals surface area contributed by atoms with E-state index in [-0.39, 0.29) is 30.3 Å². The molecule has 1 amide bonds. The van der Waals surface area contributed by atoms with Crippen LogP contribution in [0, 0.1) is 11.6 Å². The van der Waals surface area contributed by atoms with Gasteiger partial charge in [0, 0.05) is 36.2 Å². The van der Waals surface area contributed by atoms with Gasteiger partial charge in [-0.3, -0.25) is 0 Å². The first-order valence-corrected chi connectivity index (χ1v) is 11.0. The van der Waals surface area contributed by atoms with Crippen LogP contribution in [-0.4, -0.2) is 62.3 Å². The molecule has 174 valence electrons. The van der Waals surface area contributed by atoms with Crippen LogP contribution in [0.4, 0.5) is 23.8 Å². The average molecular weight is 460 g/mol. The Balaban J connectivity index is 1.29. The van der Waals surface area contributed by atoms with E-state index in [4.69, 9.17) is 4.74 Å². The molecular weight excluding hydrogens is 437 g/mol. The topological polar surface area (TPSA) is 96.0 Å². The van der Waals surface area contributed by atoms with E-state index < -0.39 is 23.9 Å². The molecule has 1 saturated carbocycles. The first-order valence-electron chi connectivity index (χ1n) is 11.0. The fraction of sp³-hybridized carbons (Fsp3) is 0.455. The van der Waals surface area contributed by atoms with Crippen molar-refractivity contribution >= 4 is 22.9 Å². The number of fused-ring (bicyclic) bond motifs is 1. The van der Waals surface area contributed by atoms with Gasteiger partial charge in [0.15, 0.2) is 17.5 Å². The van der Waals surface area contributed by atoms with Gasteiger partial charge < -0.3 is 19.9 Å². The Bertz CT molecular complexity index is 1170. The van der Waals surface area contributed by atoms with Gasteiger partial charge in [-0.25, -0.2) is 32.9 Å². The summed E-state index contributed by atoms with van der Waals surface area (Å²) in [6.07, 6.45) is 4.98. The van der Waals surface area contributed by atoms with E-state index in [1.54, 1.807) is 6.20 Å². The van der Waals surface area contributed by atoms with Crippen molar-refractivity contribution in [1.29, 1.82) is 0 Å². The lowest BCUT2D eigenvalue weighted by Crippen LogP contribution is -2.37. The normalized spacial score (nSPS) is 23.1. The number of aromatic nitrogens is 4. The number of hydrogen-bond donors (Lipinski definition) is 2. The molecule has 33 heavy (non-hydrogen) atoms. The first kappa shape index (κ1) is 21.5. The molecule has 3 aromatic rings. The molecule has 11 heteroatoms. The van der Waals surface area contributed by atoms with Crippen LogP contribution >= 0.6 is 0 Å². The molecule has 0 radical (unpaired) electrons. The van der Waals surface area contributed by atoms with E-state index in [2.05, 4.69) is 25.3 Å². The van der Waals surface area contributed by atoms with Crippen LogP contribution in [0.15, 0.2) is 24.7 Å². The number of nitrogens with one attached hydrogen (secondary N) is 2. The number of halogens is 3. The molecule has 0 bridgehead atoms. The van der Waals surface area contributed by atoms with Crippen LogP contribution in [0.3, 0.4) is 0 Å². The summed E-state index contributed by atoms with van der Waals surface area (Å²) < 4.78 is 47.1. The molecule has 0 aromatic carbocycles. The van der Waals surface area contributed by atoms with Crippen molar-refractivity contribution in [2.24, 2.45) is 0 Å². The molecule has 2 N–H and O–H groups in total. The maximum Gasteiger partial charge on any atom is 0.410 e. The number of rotatable bonds is 4. The predicted octanol–water partition coefficient (Wildman–Crippen LogP) is 4.20. The van der Waals surface area contributed by atoms with E-state index in [0.717, 1.165) is 25.2 Å². The standard InChI is InChI=1S/C22H23F3N6O2/c23-12-4-5-31(11-12)22(32)33-15-3-1-2-14(7-15)29-21-18(25)10-28-20(30-21)17-9-27-19-16(17)6-13(24)8-26-19/h6,8-10,12,14-15H,1-5,7,11H2,(H,26,27)(H,28,29,30)/t12?,14-,15+/m1/s1. The van der Waals surface area contributed by atoms with E-state index in [1.165, 1.54) is 11.0 Å². The second kappa shape index (κ2) is 8.87. The van der Waals surface area contributed by atoms with E-state index in [1.807, 2.05) is 0 Å². The Hall–Kier alpha value is -3.37. The summed E-state index contributed by atoms with van der Waals surface area (Å²) in [5, 5.41) is 3.59. The van der Waals surface area contributed by atoms with Gasteiger partial charge in [0.25, 0.3) is 0 Å². The molecule has 5 rings (SSSR count). The smallest absolute Gasteiger partial charge is 0.410 e. The van der Waals surface area contributed by atoms with Gasteiger partial charge in [-0.2, -0.15) is 0 Å². The highest BCUT2D eigenvalue weighted by molar-refractivity contribution is 5.91. The Kier molecular flexibility index (Phi) is 5.77. The predicted molar refractivity (Wildman–Crippen MR) is 114 cm³/mol. The zero-order chi connectivity index (χ0) is 22.9. The molecular formula is C22H23F3N6O2. The number of hydrogen-bond acceptors (Lipinski definition) is 6. The van der Waals surface area contributed by atoms with Crippen LogP contribution in [0.2, 0.25) is 0 Å². The van der Waals surface area contributed by atoms with E-state index >= 15 is 0 Å². The Morgan fingerprint density at radius 3 is 2.91 bits per heavy atom. The third-order valence-corrected chi connectivity index (χ3v) is 6.11. The van der Waals surface area contributed by atoms with Crippen molar-refractivity contribution in [1.82, 2.24) is 24.8 Å². The quantitative estimate of drug-likeness (QED) is 0.606. The van der Waals surface area contributed by atoms with Gasteiger partial charge in [-0.1, -0.05) is 0 Å². The minimum atomic E-state index is -1.00. The SMILES string of the molecule is O=C(O[C@H]1CCC[C@@H](Nc2nc(-c3c[nH]c4ncc(F)cc34)ncc2F)C1)N1CCC(F)C1. The van der Waals surface area contributed by atoms with Gasteiger partial charge in [0.2, 0.25) is 0 Å². The van der Waals surface area contributed by atoms with Crippen molar-refractivity contribution < 1.29 is 22.7 Å². The lowest BCUT2D eigenvalue weighted by atomic mass is 9.93. The molecule has 1 aliphatic heterocycles. The number of nitrogens with zero attached hydrogens (tertiary/aromatic N) is 4. The second-order valence-electron chi connectivity index (χ2n) is 8.49. The van der Waals surface area contributed by atoms with Crippen molar-refractivity contribution in [3.05, 3.63) is 36.3 Å². The maximum absolute atomic E-state index is 14.5. The fourth-order valence-corrected chi connectivity index (χ4v) is 4.44. The first-order chi connectivity index (χ1) is 16.0. The average Bonchev–Trinajstić information content (AvgIpc) is 3.42. The molecule has 8 nitrogen and oxygen atoms in total. The van der Waals surface area contributed by atoms with Crippen molar-refractivity contribution in [2.45, 2.75) is 50.4 Å². The molecule has 4 heterocycles. The van der Waals surface area contributed by atoms with Crippen molar-refractivity contribution in [3.63, 3.8) is 0 Å². The molecule has 1 unspecified atom stereocenters. The van der Waals surface area contributed by atoms with Crippen molar-refractivity contribution in [2.75, 3.05) is 18.4 Å². The fourth-order valence-electron chi connectivity index (χ4n) is 4.44. The summed E-state index contributed by atoms with van der Waals surface area (Å²) in [5.74, 6) is -0.864. The summed E-state index contributed by atoms with van der Waals surface area (Å²) in [7, 11) is 0. The van der Waals surface area contributed by atoms with Crippen LogP contribution in [0.5, 0.6) is 0 Å². The second-order valence-corrected chi connectivity index (χ2v) is 8.49. The number of carbonyl (C=O) groups excluding carboxylic acids is 1. The monoisotopic (exact) mass is 460 g/mol. The highest BCUT2D eigenvalue weighted by Crippen LogP contribution is 2.29. The molecule has 1 aliphatic carbocycles. The van der Waals surface area contributed by atoms with Gasteiger partial charge in [0.05, 0.1) is 18.9 Å². The Labute approximate surface area is 187 Å². The number of aromatic amines is 1. The maximum atomic E-state index is 14.5. The van der Waals surface area contributed by atoms with Crippen molar-refractivity contribution in [3.8, 4) is 11.4 Å². The Morgan fingerprint density at radius 1 is 1.21 bits per heavy atom. The van der Waals surface area contributed by atoms with Gasteiger partial charge in [-0.05, 0) is 31.7 Å². The summed E-state index contributed by atoms with van der Waals surface area (Å²) in [4.78, 5) is 29.0. The minimum Gasteiger partial charge on any atom is -0.446 e. The number of alkyl halides is 1. The minimum absolute atomic E-state index is 0.0236. The van der Waals surface area contributed by atoms with Crippen LogP contribution in [0.1, 0.15) is 32.1 Å². The molecule has 3 aromatic heterocycles. The number of amides is 1. The van der Waals surface area contributed by atoms with E-state index in [0.29, 0.717) is 42.4 Å². The van der Waals surface area contributed by atoms with Crippen LogP contribution in [0.25, 0.3) is 22.4 Å². The molecule has 0 spiro atoms. The largest absolute Gasteiger partial charge is 0.446 e. The lowest BCUT2D eigenvalue weighted by Gasteiger charge is -2.31. The number of ether oxygens (including phenoxy) is 1. The van der Waals surface area contributed by atoms with Crippen LogP contribution < -0.4 is 5.32 Å². The summed E-state index contributed by atoms with van der Waals surface area (Å²) in [6, 6.07) is 1.16. The number of pyridine rings is 1. The Morgan fingerprint density at radius 2 is 2.09 bits per heavy atom. The van der Waals surface area contributed by atoms with Crippen LogP contribution in [-0.2, 0) is 4.74 Å². The van der Waals surface area contributed by atoms with Gasteiger partial charge in [0.1, 0.15) is 23.7 Å². The number of anilines is 1. The number of H-pyrrole nitrogens is 1. The van der Waals surface area contributed by atoms with E-state index in [9.17, 15) is 18.0 Å². The van der Waals surface area contributed by atoms with Gasteiger partial charge in [-0.15, -0.1) is 0 Å². The number of likely N-dealkylation sites (tertiary alicyclic amines) is 1. The third-order valence-electron chi connectivity index (χ3n) is 6.11. The third kappa shape index (κ3) is 4.57. The van der Waals surface area contributed by atoms with Gasteiger partial charge >= 0.3 is 6.09 Å². The zero-order valence-electron chi connectivity index (χ0n) is 17.7. The molecule has 1 saturated heterocycles. The summed E-state index contributed by atoms with van der Waals surface area (Å²) in [6.45, 7) is 0.423.